The lowest BCUT2D eigenvalue weighted by Crippen LogP contribution is -1.98. The van der Waals surface area contributed by atoms with E-state index >= 15 is 0 Å². The summed E-state index contributed by atoms with van der Waals surface area (Å²) in [6.07, 6.45) is 0. The number of aromatic nitrogens is 3. The molecule has 0 aliphatic carbocycles. The van der Waals surface area contributed by atoms with Gasteiger partial charge in [0.15, 0.2) is 0 Å². The standard InChI is InChI=1S/C54H33N3S/c1-2-14-34(15-3-1)35-30-51(54-43-20-8-13-25-52(43)58-53(54)31-35)57-48-24-12-6-18-40(48)42-28-26-37(33-50(42)57)56-47-23-11-7-19-41(47)44-32-36(27-29-49(44)56)55-45-21-9-4-16-38(45)39-17-5-10-22-46(39)55/h1-33H. The van der Waals surface area contributed by atoms with Crippen molar-refractivity contribution in [1.82, 2.24) is 13.7 Å². The summed E-state index contributed by atoms with van der Waals surface area (Å²) < 4.78 is 9.99. The number of fused-ring (bicyclic) bond motifs is 12. The molecule has 58 heavy (non-hydrogen) atoms. The number of rotatable bonds is 4. The Balaban J connectivity index is 1.09. The van der Waals surface area contributed by atoms with Crippen molar-refractivity contribution in [2.75, 3.05) is 0 Å². The highest BCUT2D eigenvalue weighted by Gasteiger charge is 2.21. The van der Waals surface area contributed by atoms with Gasteiger partial charge in [-0.1, -0.05) is 127 Å². The van der Waals surface area contributed by atoms with E-state index in [1.807, 2.05) is 11.3 Å². The number of benzene rings is 9. The quantitative estimate of drug-likeness (QED) is 0.170. The second kappa shape index (κ2) is 12.1. The second-order valence-corrected chi connectivity index (χ2v) is 16.4. The molecule has 4 heterocycles. The Bertz CT molecular complexity index is 3750. The van der Waals surface area contributed by atoms with Gasteiger partial charge in [0.25, 0.3) is 0 Å². The van der Waals surface area contributed by atoms with Crippen LogP contribution in [0.15, 0.2) is 200 Å². The third kappa shape index (κ3) is 4.43. The maximum absolute atomic E-state index is 2.52. The minimum Gasteiger partial charge on any atom is -0.309 e. The molecular formula is C54H33N3S. The van der Waals surface area contributed by atoms with Gasteiger partial charge >= 0.3 is 0 Å². The third-order valence-corrected chi connectivity index (χ3v) is 13.3. The van der Waals surface area contributed by atoms with E-state index in [2.05, 4.69) is 214 Å². The van der Waals surface area contributed by atoms with Crippen LogP contribution in [-0.4, -0.2) is 13.7 Å². The fraction of sp³-hybridized carbons (Fsp3) is 0. The van der Waals surface area contributed by atoms with E-state index in [0.717, 1.165) is 11.4 Å². The minimum absolute atomic E-state index is 1.14. The molecule has 0 aliphatic heterocycles. The smallest absolute Gasteiger partial charge is 0.0562 e. The van der Waals surface area contributed by atoms with Gasteiger partial charge in [-0.3, -0.25) is 0 Å². The van der Waals surface area contributed by atoms with Crippen LogP contribution in [0.2, 0.25) is 0 Å². The molecule has 0 amide bonds. The summed E-state index contributed by atoms with van der Waals surface area (Å²) in [6, 6.07) is 73.7. The fourth-order valence-electron chi connectivity index (χ4n) is 9.74. The van der Waals surface area contributed by atoms with Crippen LogP contribution < -0.4 is 0 Å². The molecule has 0 saturated carbocycles. The summed E-state index contributed by atoms with van der Waals surface area (Å²) in [5, 5.41) is 10.1. The molecule has 0 radical (unpaired) electrons. The first-order valence-corrected chi connectivity index (χ1v) is 20.7. The number of thiophene rings is 1. The molecule has 0 fully saturated rings. The molecule has 0 aliphatic rings. The number of nitrogens with zero attached hydrogens (tertiary/aromatic N) is 3. The van der Waals surface area contributed by atoms with Crippen molar-refractivity contribution in [3.8, 4) is 28.2 Å². The third-order valence-electron chi connectivity index (χ3n) is 12.2. The van der Waals surface area contributed by atoms with Crippen LogP contribution in [0.5, 0.6) is 0 Å². The van der Waals surface area contributed by atoms with Crippen LogP contribution in [0.3, 0.4) is 0 Å². The summed E-state index contributed by atoms with van der Waals surface area (Å²) in [7, 11) is 0. The highest BCUT2D eigenvalue weighted by Crippen LogP contribution is 2.44. The largest absolute Gasteiger partial charge is 0.309 e. The summed E-state index contributed by atoms with van der Waals surface area (Å²) in [5.74, 6) is 0. The highest BCUT2D eigenvalue weighted by molar-refractivity contribution is 7.26. The van der Waals surface area contributed by atoms with Crippen LogP contribution in [0.1, 0.15) is 0 Å². The summed E-state index contributed by atoms with van der Waals surface area (Å²) in [5.41, 5.74) is 13.1. The lowest BCUT2D eigenvalue weighted by Gasteiger charge is -2.14. The maximum Gasteiger partial charge on any atom is 0.0562 e. The van der Waals surface area contributed by atoms with Gasteiger partial charge in [0.2, 0.25) is 0 Å². The molecule has 0 bridgehead atoms. The predicted octanol–water partition coefficient (Wildman–Crippen LogP) is 15.0. The average molecular weight is 756 g/mol. The molecule has 3 nitrogen and oxygen atoms in total. The van der Waals surface area contributed by atoms with Crippen molar-refractivity contribution < 1.29 is 0 Å². The van der Waals surface area contributed by atoms with E-state index in [9.17, 15) is 0 Å². The zero-order valence-corrected chi connectivity index (χ0v) is 32.1. The Morgan fingerprint density at radius 2 is 0.759 bits per heavy atom. The first kappa shape index (κ1) is 31.8. The number of hydrogen-bond acceptors (Lipinski definition) is 1. The Labute approximate surface area is 337 Å². The van der Waals surface area contributed by atoms with Crippen molar-refractivity contribution in [3.63, 3.8) is 0 Å². The van der Waals surface area contributed by atoms with Crippen LogP contribution in [-0.2, 0) is 0 Å². The zero-order valence-electron chi connectivity index (χ0n) is 31.3. The molecule has 270 valence electrons. The van der Waals surface area contributed by atoms with Gasteiger partial charge in [-0.2, -0.15) is 0 Å². The molecular weight excluding hydrogens is 723 g/mol. The molecule has 0 N–H and O–H groups in total. The molecule has 4 heteroatoms. The Morgan fingerprint density at radius 3 is 1.41 bits per heavy atom. The van der Waals surface area contributed by atoms with Crippen molar-refractivity contribution in [2.24, 2.45) is 0 Å². The predicted molar refractivity (Wildman–Crippen MR) is 248 cm³/mol. The number of para-hydroxylation sites is 4. The van der Waals surface area contributed by atoms with E-state index in [4.69, 9.17) is 0 Å². The molecule has 13 rings (SSSR count). The highest BCUT2D eigenvalue weighted by atomic mass is 32.1. The van der Waals surface area contributed by atoms with Crippen LogP contribution in [0, 0.1) is 0 Å². The second-order valence-electron chi connectivity index (χ2n) is 15.3. The molecule has 0 atom stereocenters. The van der Waals surface area contributed by atoms with Gasteiger partial charge in [0.05, 0.1) is 38.8 Å². The van der Waals surface area contributed by atoms with E-state index in [0.29, 0.717) is 0 Å². The van der Waals surface area contributed by atoms with E-state index in [1.54, 1.807) is 0 Å². The Morgan fingerprint density at radius 1 is 0.276 bits per heavy atom. The zero-order chi connectivity index (χ0) is 37.9. The van der Waals surface area contributed by atoms with Crippen molar-refractivity contribution in [1.29, 1.82) is 0 Å². The molecule has 13 aromatic rings. The monoisotopic (exact) mass is 755 g/mol. The maximum atomic E-state index is 2.52. The van der Waals surface area contributed by atoms with Gasteiger partial charge in [-0.25, -0.2) is 0 Å². The summed E-state index contributed by atoms with van der Waals surface area (Å²) >= 11 is 1.88. The normalized spacial score (nSPS) is 12.1. The van der Waals surface area contributed by atoms with Crippen molar-refractivity contribution >= 4 is 96.9 Å². The van der Waals surface area contributed by atoms with Gasteiger partial charge < -0.3 is 13.7 Å². The minimum atomic E-state index is 1.14. The summed E-state index contributed by atoms with van der Waals surface area (Å²) in [6.45, 7) is 0. The first-order chi connectivity index (χ1) is 28.8. The van der Waals surface area contributed by atoms with Gasteiger partial charge in [-0.15, -0.1) is 11.3 Å². The lowest BCUT2D eigenvalue weighted by atomic mass is 10.0. The average Bonchev–Trinajstić information content (AvgIpc) is 4.02. The molecule has 0 unspecified atom stereocenters. The van der Waals surface area contributed by atoms with Gasteiger partial charge in [-0.05, 0) is 83.9 Å². The molecule has 4 aromatic heterocycles. The number of hydrogen-bond donors (Lipinski definition) is 0. The topological polar surface area (TPSA) is 14.8 Å². The lowest BCUT2D eigenvalue weighted by molar-refractivity contribution is 1.16. The summed E-state index contributed by atoms with van der Waals surface area (Å²) in [4.78, 5) is 0. The van der Waals surface area contributed by atoms with Crippen LogP contribution in [0.25, 0.3) is 114 Å². The van der Waals surface area contributed by atoms with Crippen LogP contribution in [0.4, 0.5) is 0 Å². The molecule has 0 spiro atoms. The van der Waals surface area contributed by atoms with E-state index < -0.39 is 0 Å². The fourth-order valence-corrected chi connectivity index (χ4v) is 10.9. The van der Waals surface area contributed by atoms with Gasteiger partial charge in [0.1, 0.15) is 0 Å². The van der Waals surface area contributed by atoms with E-state index in [1.165, 1.54) is 102 Å². The van der Waals surface area contributed by atoms with E-state index in [-0.39, 0.29) is 0 Å². The Kier molecular flexibility index (Phi) is 6.60. The SMILES string of the molecule is c1ccc(-c2cc(-n3c4ccccc4c4ccc(-n5c6ccccc6c6cc(-n7c8ccccc8c8ccccc87)ccc65)cc43)c3c(c2)sc2ccccc23)cc1. The van der Waals surface area contributed by atoms with Crippen LogP contribution >= 0.6 is 11.3 Å². The molecule has 0 saturated heterocycles. The first-order valence-electron chi connectivity index (χ1n) is 19.8. The van der Waals surface area contributed by atoms with Crippen molar-refractivity contribution in [3.05, 3.63) is 200 Å². The van der Waals surface area contributed by atoms with Gasteiger partial charge in [0, 0.05) is 63.9 Å². The molecule has 9 aromatic carbocycles. The van der Waals surface area contributed by atoms with Crippen molar-refractivity contribution in [2.45, 2.75) is 0 Å². The Hall–Kier alpha value is -7.40.